The van der Waals surface area contributed by atoms with Crippen molar-refractivity contribution < 1.29 is 0 Å². The van der Waals surface area contributed by atoms with Gasteiger partial charge < -0.3 is 9.80 Å². The Balaban J connectivity index is 0.000000147. The molecule has 0 bridgehead atoms. The summed E-state index contributed by atoms with van der Waals surface area (Å²) < 4.78 is 0. The summed E-state index contributed by atoms with van der Waals surface area (Å²) in [6.07, 6.45) is 0. The predicted octanol–water partition coefficient (Wildman–Crippen LogP) is 28.8. The quantitative estimate of drug-likeness (QED) is 0.114. The molecule has 0 unspecified atom stereocenters. The van der Waals surface area contributed by atoms with Crippen LogP contribution < -0.4 is 9.80 Å². The van der Waals surface area contributed by atoms with E-state index in [2.05, 4.69) is 448 Å². The summed E-state index contributed by atoms with van der Waals surface area (Å²) in [6, 6.07) is 155. The van der Waals surface area contributed by atoms with Gasteiger partial charge in [-0.3, -0.25) is 0 Å². The highest BCUT2D eigenvalue weighted by Gasteiger charge is 2.46. The van der Waals surface area contributed by atoms with Gasteiger partial charge in [0.15, 0.2) is 0 Å². The van der Waals surface area contributed by atoms with E-state index in [1.165, 1.54) is 144 Å². The van der Waals surface area contributed by atoms with Crippen molar-refractivity contribution >= 4 is 66.4 Å². The molecule has 18 aromatic rings. The third kappa shape index (κ3) is 11.5. The first-order chi connectivity index (χ1) is 53.3. The molecule has 0 saturated heterocycles. The Bertz CT molecular complexity index is 6300. The Hall–Kier alpha value is -13.7. The molecule has 0 radical (unpaired) electrons. The van der Waals surface area contributed by atoms with Gasteiger partial charge in [-0.05, 0) is 241 Å². The molecule has 0 spiro atoms. The van der Waals surface area contributed by atoms with Crippen LogP contribution in [-0.2, 0) is 10.8 Å². The van der Waals surface area contributed by atoms with E-state index in [1.807, 2.05) is 0 Å². The number of nitrogens with zero attached hydrogens (tertiary/aromatic N) is 2. The predicted molar refractivity (Wildman–Crippen MR) is 457 cm³/mol. The molecule has 2 nitrogen and oxygen atoms in total. The van der Waals surface area contributed by atoms with E-state index in [-0.39, 0.29) is 5.41 Å². The molecule has 18 aromatic carbocycles. The summed E-state index contributed by atoms with van der Waals surface area (Å²) in [6.45, 7) is 4.71. The largest absolute Gasteiger partial charge is 0.310 e. The van der Waals surface area contributed by atoms with E-state index in [4.69, 9.17) is 0 Å². The number of rotatable bonds is 13. The molecule has 20 rings (SSSR count). The van der Waals surface area contributed by atoms with Gasteiger partial charge in [0.25, 0.3) is 0 Å². The van der Waals surface area contributed by atoms with Crippen molar-refractivity contribution in [2.24, 2.45) is 0 Å². The van der Waals surface area contributed by atoms with Crippen LogP contribution in [0.15, 0.2) is 425 Å². The maximum atomic E-state index is 2.44. The number of para-hydroxylation sites is 1. The maximum absolute atomic E-state index is 2.44. The lowest BCUT2D eigenvalue weighted by molar-refractivity contribution is 0.660. The van der Waals surface area contributed by atoms with Gasteiger partial charge in [0.2, 0.25) is 0 Å². The lowest BCUT2D eigenvalue weighted by Gasteiger charge is -2.35. The number of benzene rings is 18. The van der Waals surface area contributed by atoms with Crippen molar-refractivity contribution in [3.63, 3.8) is 0 Å². The van der Waals surface area contributed by atoms with E-state index in [1.54, 1.807) is 0 Å². The summed E-state index contributed by atoms with van der Waals surface area (Å²) in [5, 5.41) is 7.54. The van der Waals surface area contributed by atoms with Crippen LogP contribution in [0.25, 0.3) is 110 Å². The van der Waals surface area contributed by atoms with Crippen molar-refractivity contribution in [1.82, 2.24) is 0 Å². The zero-order valence-corrected chi connectivity index (χ0v) is 60.3. The first-order valence-electron chi connectivity index (χ1n) is 37.5. The van der Waals surface area contributed by atoms with Crippen LogP contribution in [0.5, 0.6) is 0 Å². The molecule has 0 heterocycles. The highest BCUT2D eigenvalue weighted by atomic mass is 15.1. The van der Waals surface area contributed by atoms with E-state index in [0.717, 1.165) is 34.1 Å². The molecule has 510 valence electrons. The molecule has 2 aliphatic carbocycles. The average Bonchev–Trinajstić information content (AvgIpc) is 1.53. The third-order valence-corrected chi connectivity index (χ3v) is 22.6. The SMILES string of the molecule is CC1(C)c2ccccc2-c2ccc(N(c3ccc(-c4cc(-c5ccccc5)c5ccccc5c4)cc3)c3ccc(-c4cccc5ccccc45)cc3)cc21.c1ccc(-c2cc(-c3ccc(N(c4ccccc4)c4ccc5c(c4)C(c4ccccc4)(c4ccccc4)c4ccccc4-5)cc3)cc3ccccc23)cc1. The maximum Gasteiger partial charge on any atom is 0.0714 e. The molecular formula is C106H76N2. The van der Waals surface area contributed by atoms with Crippen molar-refractivity contribution in [2.75, 3.05) is 9.80 Å². The second-order valence-corrected chi connectivity index (χ2v) is 29.1. The highest BCUT2D eigenvalue weighted by Crippen LogP contribution is 2.58. The minimum atomic E-state index is -0.469. The fourth-order valence-electron chi connectivity index (χ4n) is 17.4. The topological polar surface area (TPSA) is 6.48 Å². The van der Waals surface area contributed by atoms with Crippen molar-refractivity contribution in [2.45, 2.75) is 24.7 Å². The Morgan fingerprint density at radius 3 is 1.00 bits per heavy atom. The second kappa shape index (κ2) is 27.4. The van der Waals surface area contributed by atoms with Crippen LogP contribution in [0.2, 0.25) is 0 Å². The van der Waals surface area contributed by atoms with Crippen LogP contribution in [0, 0.1) is 0 Å². The Kier molecular flexibility index (Phi) is 16.5. The summed E-state index contributed by atoms with van der Waals surface area (Å²) in [5.74, 6) is 0. The highest BCUT2D eigenvalue weighted by molar-refractivity contribution is 6.03. The average molecular weight is 1380 g/mol. The van der Waals surface area contributed by atoms with Crippen LogP contribution in [0.1, 0.15) is 47.2 Å². The number of hydrogen-bond donors (Lipinski definition) is 0. The van der Waals surface area contributed by atoms with Crippen LogP contribution in [-0.4, -0.2) is 0 Å². The monoisotopic (exact) mass is 1380 g/mol. The van der Waals surface area contributed by atoms with Crippen LogP contribution in [0.3, 0.4) is 0 Å². The molecule has 0 atom stereocenters. The normalized spacial score (nSPS) is 12.7. The number of fused-ring (bicyclic) bond motifs is 9. The third-order valence-electron chi connectivity index (χ3n) is 22.6. The van der Waals surface area contributed by atoms with Crippen LogP contribution >= 0.6 is 0 Å². The van der Waals surface area contributed by atoms with Gasteiger partial charge in [-0.1, -0.05) is 341 Å². The van der Waals surface area contributed by atoms with E-state index in [0.29, 0.717) is 0 Å². The Morgan fingerprint density at radius 1 is 0.176 bits per heavy atom. The van der Waals surface area contributed by atoms with Gasteiger partial charge >= 0.3 is 0 Å². The van der Waals surface area contributed by atoms with Gasteiger partial charge in [-0.25, -0.2) is 0 Å². The van der Waals surface area contributed by atoms with E-state index < -0.39 is 5.41 Å². The summed E-state index contributed by atoms with van der Waals surface area (Å²) in [7, 11) is 0. The summed E-state index contributed by atoms with van der Waals surface area (Å²) >= 11 is 0. The zero-order chi connectivity index (χ0) is 72.1. The molecule has 0 saturated carbocycles. The molecule has 2 aliphatic rings. The molecule has 0 amide bonds. The van der Waals surface area contributed by atoms with E-state index >= 15 is 0 Å². The zero-order valence-electron chi connectivity index (χ0n) is 60.3. The summed E-state index contributed by atoms with van der Waals surface area (Å²) in [4.78, 5) is 4.80. The fourth-order valence-corrected chi connectivity index (χ4v) is 17.4. The molecule has 2 heteroatoms. The van der Waals surface area contributed by atoms with E-state index in [9.17, 15) is 0 Å². The molecule has 0 aromatic heterocycles. The Labute approximate surface area is 632 Å². The summed E-state index contributed by atoms with van der Waals surface area (Å²) in [5.41, 5.74) is 31.5. The number of anilines is 6. The second-order valence-electron chi connectivity index (χ2n) is 29.1. The molecule has 0 aliphatic heterocycles. The first-order valence-corrected chi connectivity index (χ1v) is 37.5. The van der Waals surface area contributed by atoms with Gasteiger partial charge in [0, 0.05) is 39.5 Å². The molecule has 108 heavy (non-hydrogen) atoms. The smallest absolute Gasteiger partial charge is 0.0714 e. The van der Waals surface area contributed by atoms with Gasteiger partial charge in [0.1, 0.15) is 0 Å². The minimum Gasteiger partial charge on any atom is -0.310 e. The first kappa shape index (κ1) is 65.1. The van der Waals surface area contributed by atoms with Crippen molar-refractivity contribution in [1.29, 1.82) is 0 Å². The fraction of sp³-hybridized carbons (Fsp3) is 0.0377. The van der Waals surface area contributed by atoms with Crippen molar-refractivity contribution in [3.05, 3.63) is 458 Å². The molecule has 0 fully saturated rings. The lowest BCUT2D eigenvalue weighted by Crippen LogP contribution is -2.28. The standard InChI is InChI=1S/C53H37N.C53H39N/c1-5-17-39(18-6-1)50-36-41(35-40-19-13-14-26-47(40)50)38-29-31-45(32-30-38)54(44-24-11-4-12-25-44)46-33-34-49-48-27-15-16-28-51(48)53(52(49)37-46,42-20-7-2-8-21-42)43-22-9-3-10-23-43;1-53(2)51-22-11-10-20-48(51)49-32-31-44(35-52(49)53)54(43-29-25-39(26-30-43)46-21-12-17-37-15-6-8-18-45(37)46)42-27-23-36(24-28-42)41-33-40-16-7-9-19-47(40)50(34-41)38-13-4-3-5-14-38/h1-37H;3-35H,1-2H3. The Morgan fingerprint density at radius 2 is 0.500 bits per heavy atom. The van der Waals surface area contributed by atoms with Crippen molar-refractivity contribution in [3.8, 4) is 77.9 Å². The van der Waals surface area contributed by atoms with Gasteiger partial charge in [-0.15, -0.1) is 0 Å². The van der Waals surface area contributed by atoms with Crippen LogP contribution in [0.4, 0.5) is 34.1 Å². The lowest BCUT2D eigenvalue weighted by atomic mass is 9.67. The minimum absolute atomic E-state index is 0.0950. The van der Waals surface area contributed by atoms with Gasteiger partial charge in [-0.2, -0.15) is 0 Å². The number of hydrogen-bond acceptors (Lipinski definition) is 2. The molecule has 0 N–H and O–H groups in total. The van der Waals surface area contributed by atoms with Gasteiger partial charge in [0.05, 0.1) is 5.41 Å². The molecular weight excluding hydrogens is 1300 g/mol.